The molecular formula is C9H9FN2O. The molecule has 0 radical (unpaired) electrons. The molecule has 0 saturated heterocycles. The minimum atomic E-state index is -0.305. The van der Waals surface area contributed by atoms with Gasteiger partial charge in [-0.2, -0.15) is 5.10 Å². The van der Waals surface area contributed by atoms with Gasteiger partial charge in [0.1, 0.15) is 5.82 Å². The molecule has 1 rings (SSSR count). The van der Waals surface area contributed by atoms with Gasteiger partial charge in [-0.25, -0.2) is 4.39 Å². The molecule has 0 heterocycles. The number of rotatable bonds is 3. The van der Waals surface area contributed by atoms with Gasteiger partial charge in [-0.15, -0.1) is 0 Å². The van der Waals surface area contributed by atoms with Crippen LogP contribution in [-0.4, -0.2) is 12.0 Å². The Morgan fingerprint density at radius 1 is 1.46 bits per heavy atom. The third kappa shape index (κ3) is 3.46. The van der Waals surface area contributed by atoms with E-state index in [2.05, 4.69) is 10.5 Å². The topological polar surface area (TPSA) is 41.5 Å². The van der Waals surface area contributed by atoms with E-state index >= 15 is 0 Å². The predicted molar refractivity (Wildman–Crippen MR) is 49.2 cm³/mol. The number of carbonyl (C=O) groups excluding carboxylic acids is 1. The van der Waals surface area contributed by atoms with Gasteiger partial charge in [0.25, 0.3) is 0 Å². The van der Waals surface area contributed by atoms with Crippen LogP contribution in [0.3, 0.4) is 0 Å². The average Bonchev–Trinajstić information content (AvgIpc) is 2.08. The lowest BCUT2D eigenvalue weighted by Crippen LogP contribution is -1.95. The summed E-state index contributed by atoms with van der Waals surface area (Å²) >= 11 is 0. The molecular weight excluding hydrogens is 171 g/mol. The summed E-state index contributed by atoms with van der Waals surface area (Å²) in [6.45, 7) is 1.40. The van der Waals surface area contributed by atoms with Crippen LogP contribution in [-0.2, 0) is 4.79 Å². The first-order valence-electron chi connectivity index (χ1n) is 3.73. The van der Waals surface area contributed by atoms with Crippen molar-refractivity contribution >= 4 is 17.7 Å². The molecule has 0 spiro atoms. The van der Waals surface area contributed by atoms with E-state index in [0.29, 0.717) is 5.69 Å². The summed E-state index contributed by atoms with van der Waals surface area (Å²) in [4.78, 5) is 10.4. The Hall–Kier alpha value is -1.71. The number of Topliss-reactive ketones (excluding diaryl/α,β-unsaturated/α-hetero) is 1. The van der Waals surface area contributed by atoms with Crippen molar-refractivity contribution in [2.24, 2.45) is 5.10 Å². The van der Waals surface area contributed by atoms with Crippen molar-refractivity contribution in [3.8, 4) is 0 Å². The highest BCUT2D eigenvalue weighted by Crippen LogP contribution is 2.07. The van der Waals surface area contributed by atoms with Crippen LogP contribution in [0.15, 0.2) is 29.4 Å². The van der Waals surface area contributed by atoms with Crippen LogP contribution >= 0.6 is 0 Å². The van der Waals surface area contributed by atoms with Crippen molar-refractivity contribution in [3.05, 3.63) is 30.1 Å². The van der Waals surface area contributed by atoms with Crippen molar-refractivity contribution in [1.82, 2.24) is 0 Å². The second kappa shape index (κ2) is 4.35. The molecule has 0 amide bonds. The lowest BCUT2D eigenvalue weighted by molar-refractivity contribution is -0.110. The van der Waals surface area contributed by atoms with Crippen LogP contribution in [0.5, 0.6) is 0 Å². The van der Waals surface area contributed by atoms with Crippen molar-refractivity contribution < 1.29 is 9.18 Å². The number of ketones is 1. The van der Waals surface area contributed by atoms with Gasteiger partial charge in [0, 0.05) is 6.92 Å². The molecule has 0 aliphatic rings. The third-order valence-electron chi connectivity index (χ3n) is 1.28. The van der Waals surface area contributed by atoms with E-state index in [1.165, 1.54) is 31.2 Å². The van der Waals surface area contributed by atoms with Crippen LogP contribution < -0.4 is 5.43 Å². The fourth-order valence-corrected chi connectivity index (χ4v) is 0.722. The Kier molecular flexibility index (Phi) is 3.14. The van der Waals surface area contributed by atoms with Gasteiger partial charge in [0.05, 0.1) is 11.9 Å². The number of nitrogens with zero attached hydrogens (tertiary/aromatic N) is 1. The first-order valence-corrected chi connectivity index (χ1v) is 3.73. The van der Waals surface area contributed by atoms with Crippen molar-refractivity contribution in [1.29, 1.82) is 0 Å². The minimum Gasteiger partial charge on any atom is -0.293 e. The maximum absolute atomic E-state index is 12.4. The molecule has 0 unspecified atom stereocenters. The van der Waals surface area contributed by atoms with Gasteiger partial charge in [0.15, 0.2) is 5.78 Å². The van der Waals surface area contributed by atoms with Gasteiger partial charge in [-0.05, 0) is 24.3 Å². The average molecular weight is 180 g/mol. The number of nitrogens with one attached hydrogen (secondary N) is 1. The zero-order chi connectivity index (χ0) is 9.68. The molecule has 13 heavy (non-hydrogen) atoms. The lowest BCUT2D eigenvalue weighted by Gasteiger charge is -1.97. The van der Waals surface area contributed by atoms with Gasteiger partial charge in [-0.1, -0.05) is 0 Å². The largest absolute Gasteiger partial charge is 0.293 e. The number of carbonyl (C=O) groups is 1. The second-order valence-electron chi connectivity index (χ2n) is 2.49. The maximum Gasteiger partial charge on any atom is 0.172 e. The van der Waals surface area contributed by atoms with E-state index in [1.807, 2.05) is 0 Å². The fraction of sp³-hybridized carbons (Fsp3) is 0.111. The van der Waals surface area contributed by atoms with Crippen molar-refractivity contribution in [3.63, 3.8) is 0 Å². The third-order valence-corrected chi connectivity index (χ3v) is 1.28. The first-order chi connectivity index (χ1) is 6.18. The molecule has 0 aromatic heterocycles. The molecule has 4 heteroatoms. The van der Waals surface area contributed by atoms with Crippen LogP contribution in [0.1, 0.15) is 6.92 Å². The Bertz CT molecular complexity index is 319. The Morgan fingerprint density at radius 3 is 2.62 bits per heavy atom. The molecule has 1 aromatic rings. The van der Waals surface area contributed by atoms with Crippen LogP contribution in [0.25, 0.3) is 0 Å². The van der Waals surface area contributed by atoms with E-state index < -0.39 is 0 Å². The summed E-state index contributed by atoms with van der Waals surface area (Å²) in [6, 6.07) is 5.69. The lowest BCUT2D eigenvalue weighted by atomic mass is 10.3. The molecule has 0 saturated carbocycles. The number of hydrogen-bond donors (Lipinski definition) is 1. The summed E-state index contributed by atoms with van der Waals surface area (Å²) in [7, 11) is 0. The molecule has 68 valence electrons. The Labute approximate surface area is 75.3 Å². The highest BCUT2D eigenvalue weighted by atomic mass is 19.1. The molecule has 0 aliphatic carbocycles. The van der Waals surface area contributed by atoms with E-state index in [0.717, 1.165) is 6.21 Å². The number of hydrazone groups is 1. The van der Waals surface area contributed by atoms with Crippen LogP contribution in [0, 0.1) is 5.82 Å². The molecule has 0 atom stereocenters. The van der Waals surface area contributed by atoms with Gasteiger partial charge in [-0.3, -0.25) is 10.2 Å². The molecule has 3 nitrogen and oxygen atoms in total. The SMILES string of the molecule is CC(=O)C=NNc1ccc(F)cc1. The van der Waals surface area contributed by atoms with Gasteiger partial charge < -0.3 is 0 Å². The first kappa shape index (κ1) is 9.38. The summed E-state index contributed by atoms with van der Waals surface area (Å²) in [5.41, 5.74) is 3.22. The Morgan fingerprint density at radius 2 is 2.08 bits per heavy atom. The summed E-state index contributed by atoms with van der Waals surface area (Å²) in [5.74, 6) is -0.448. The quantitative estimate of drug-likeness (QED) is 0.569. The smallest absolute Gasteiger partial charge is 0.172 e. The zero-order valence-electron chi connectivity index (χ0n) is 7.12. The standard InChI is InChI=1S/C9H9FN2O/c1-7(13)6-11-12-9-4-2-8(10)3-5-9/h2-6,12H,1H3. The predicted octanol–water partition coefficient (Wildman–Crippen LogP) is 1.81. The molecule has 0 bridgehead atoms. The highest BCUT2D eigenvalue weighted by Gasteiger charge is 1.90. The summed E-state index contributed by atoms with van der Waals surface area (Å²) in [5, 5.41) is 3.62. The Balaban J connectivity index is 2.55. The normalized spacial score (nSPS) is 10.3. The summed E-state index contributed by atoms with van der Waals surface area (Å²) in [6.07, 6.45) is 1.16. The van der Waals surface area contributed by atoms with Gasteiger partial charge in [0.2, 0.25) is 0 Å². The summed E-state index contributed by atoms with van der Waals surface area (Å²) < 4.78 is 12.4. The van der Waals surface area contributed by atoms with Crippen LogP contribution in [0.2, 0.25) is 0 Å². The molecule has 0 aliphatic heterocycles. The molecule has 0 fully saturated rings. The van der Waals surface area contributed by atoms with E-state index in [-0.39, 0.29) is 11.6 Å². The molecule has 1 N–H and O–H groups in total. The van der Waals surface area contributed by atoms with Crippen molar-refractivity contribution in [2.45, 2.75) is 6.92 Å². The van der Waals surface area contributed by atoms with Gasteiger partial charge >= 0.3 is 0 Å². The second-order valence-corrected chi connectivity index (χ2v) is 2.49. The number of hydrogen-bond acceptors (Lipinski definition) is 3. The number of halogens is 1. The minimum absolute atomic E-state index is 0.144. The molecule has 1 aromatic carbocycles. The van der Waals surface area contributed by atoms with Crippen LogP contribution in [0.4, 0.5) is 10.1 Å². The maximum atomic E-state index is 12.4. The fourth-order valence-electron chi connectivity index (χ4n) is 0.722. The highest BCUT2D eigenvalue weighted by molar-refractivity contribution is 6.26. The van der Waals surface area contributed by atoms with E-state index in [9.17, 15) is 9.18 Å². The number of anilines is 1. The zero-order valence-corrected chi connectivity index (χ0v) is 7.12. The van der Waals surface area contributed by atoms with E-state index in [4.69, 9.17) is 0 Å². The van der Waals surface area contributed by atoms with Crippen molar-refractivity contribution in [2.75, 3.05) is 5.43 Å². The monoisotopic (exact) mass is 180 g/mol. The van der Waals surface area contributed by atoms with E-state index in [1.54, 1.807) is 0 Å². The number of benzene rings is 1.